The lowest BCUT2D eigenvalue weighted by Crippen LogP contribution is -2.41. The third kappa shape index (κ3) is 6.17. The molecular weight excluding hydrogens is 222 g/mol. The highest BCUT2D eigenvalue weighted by atomic mass is 15.2. The molecule has 0 bridgehead atoms. The van der Waals surface area contributed by atoms with Crippen LogP contribution in [0.5, 0.6) is 0 Å². The van der Waals surface area contributed by atoms with Crippen LogP contribution in [0.1, 0.15) is 46.0 Å². The molecule has 108 valence electrons. The lowest BCUT2D eigenvalue weighted by molar-refractivity contribution is 0.179. The fraction of sp³-hybridized carbons (Fsp3) is 1.00. The standard InChI is InChI=1S/C15H33N3/c1-5-18(14(2)13-17(3)4)12-8-11-16-15-9-6-7-10-15/h14-16H,5-13H2,1-4H3. The highest BCUT2D eigenvalue weighted by Gasteiger charge is 2.15. The molecule has 1 fully saturated rings. The first-order chi connectivity index (χ1) is 8.63. The zero-order valence-corrected chi connectivity index (χ0v) is 12.9. The van der Waals surface area contributed by atoms with Crippen LogP contribution in [0.25, 0.3) is 0 Å². The molecule has 0 aliphatic heterocycles. The van der Waals surface area contributed by atoms with Gasteiger partial charge in [0.1, 0.15) is 0 Å². The zero-order valence-electron chi connectivity index (χ0n) is 12.9. The Morgan fingerprint density at radius 3 is 2.44 bits per heavy atom. The van der Waals surface area contributed by atoms with Gasteiger partial charge in [-0.1, -0.05) is 19.8 Å². The van der Waals surface area contributed by atoms with Crippen molar-refractivity contribution in [2.45, 2.75) is 58.0 Å². The number of likely N-dealkylation sites (N-methyl/N-ethyl adjacent to an activating group) is 2. The smallest absolute Gasteiger partial charge is 0.0194 e. The summed E-state index contributed by atoms with van der Waals surface area (Å²) in [6.07, 6.45) is 6.93. The average molecular weight is 255 g/mol. The van der Waals surface area contributed by atoms with Crippen LogP contribution in [0, 0.1) is 0 Å². The molecule has 18 heavy (non-hydrogen) atoms. The summed E-state index contributed by atoms with van der Waals surface area (Å²) < 4.78 is 0. The van der Waals surface area contributed by atoms with E-state index in [9.17, 15) is 0 Å². The number of hydrogen-bond donors (Lipinski definition) is 1. The summed E-state index contributed by atoms with van der Waals surface area (Å²) in [6.45, 7) is 9.36. The van der Waals surface area contributed by atoms with Gasteiger partial charge in [-0.3, -0.25) is 4.90 Å². The molecule has 1 rings (SSSR count). The predicted octanol–water partition coefficient (Wildman–Crippen LogP) is 2.18. The van der Waals surface area contributed by atoms with Crippen molar-refractivity contribution in [3.05, 3.63) is 0 Å². The van der Waals surface area contributed by atoms with E-state index < -0.39 is 0 Å². The number of nitrogens with one attached hydrogen (secondary N) is 1. The van der Waals surface area contributed by atoms with E-state index in [-0.39, 0.29) is 0 Å². The minimum absolute atomic E-state index is 0.663. The maximum absolute atomic E-state index is 3.70. The molecule has 0 spiro atoms. The Balaban J connectivity index is 2.10. The van der Waals surface area contributed by atoms with E-state index >= 15 is 0 Å². The average Bonchev–Trinajstić information content (AvgIpc) is 2.81. The third-order valence-electron chi connectivity index (χ3n) is 4.07. The maximum atomic E-state index is 3.70. The molecular formula is C15H33N3. The van der Waals surface area contributed by atoms with Crippen LogP contribution in [0.15, 0.2) is 0 Å². The molecule has 0 amide bonds. The fourth-order valence-corrected chi connectivity index (χ4v) is 3.05. The van der Waals surface area contributed by atoms with Crippen molar-refractivity contribution >= 4 is 0 Å². The van der Waals surface area contributed by atoms with Crippen molar-refractivity contribution < 1.29 is 0 Å². The van der Waals surface area contributed by atoms with E-state index in [1.165, 1.54) is 51.7 Å². The summed E-state index contributed by atoms with van der Waals surface area (Å²) in [5.41, 5.74) is 0. The minimum Gasteiger partial charge on any atom is -0.314 e. The Bertz CT molecular complexity index is 200. The first-order valence-corrected chi connectivity index (χ1v) is 7.75. The Morgan fingerprint density at radius 1 is 1.22 bits per heavy atom. The van der Waals surface area contributed by atoms with Gasteiger partial charge in [0.15, 0.2) is 0 Å². The summed E-state index contributed by atoms with van der Waals surface area (Å²) in [4.78, 5) is 4.88. The van der Waals surface area contributed by atoms with E-state index in [2.05, 4.69) is 43.1 Å². The van der Waals surface area contributed by atoms with E-state index in [0.29, 0.717) is 6.04 Å². The summed E-state index contributed by atoms with van der Waals surface area (Å²) >= 11 is 0. The summed E-state index contributed by atoms with van der Waals surface area (Å²) in [5, 5.41) is 3.70. The molecule has 3 nitrogen and oxygen atoms in total. The van der Waals surface area contributed by atoms with E-state index in [4.69, 9.17) is 0 Å². The van der Waals surface area contributed by atoms with Crippen molar-refractivity contribution in [2.24, 2.45) is 0 Å². The molecule has 1 saturated carbocycles. The van der Waals surface area contributed by atoms with Crippen LogP contribution in [0.4, 0.5) is 0 Å². The largest absolute Gasteiger partial charge is 0.314 e. The minimum atomic E-state index is 0.663. The lowest BCUT2D eigenvalue weighted by atomic mass is 10.2. The van der Waals surface area contributed by atoms with Crippen LogP contribution in [-0.2, 0) is 0 Å². The van der Waals surface area contributed by atoms with E-state index in [0.717, 1.165) is 12.6 Å². The molecule has 1 aliphatic carbocycles. The van der Waals surface area contributed by atoms with Crippen molar-refractivity contribution in [1.82, 2.24) is 15.1 Å². The molecule has 0 saturated heterocycles. The van der Waals surface area contributed by atoms with Gasteiger partial charge < -0.3 is 10.2 Å². The van der Waals surface area contributed by atoms with Crippen molar-refractivity contribution in [2.75, 3.05) is 40.3 Å². The molecule has 0 aromatic rings. The highest BCUT2D eigenvalue weighted by molar-refractivity contribution is 4.74. The molecule has 1 atom stereocenters. The SMILES string of the molecule is CCN(CCCNC1CCCC1)C(C)CN(C)C. The number of rotatable bonds is 9. The Labute approximate surface area is 114 Å². The molecule has 0 aromatic heterocycles. The summed E-state index contributed by atoms with van der Waals surface area (Å²) in [6, 6.07) is 1.48. The topological polar surface area (TPSA) is 18.5 Å². The second kappa shape index (κ2) is 8.89. The van der Waals surface area contributed by atoms with Gasteiger partial charge in [-0.2, -0.15) is 0 Å². The van der Waals surface area contributed by atoms with Crippen molar-refractivity contribution in [1.29, 1.82) is 0 Å². The van der Waals surface area contributed by atoms with Crippen LogP contribution in [0.2, 0.25) is 0 Å². The monoisotopic (exact) mass is 255 g/mol. The highest BCUT2D eigenvalue weighted by Crippen LogP contribution is 2.17. The van der Waals surface area contributed by atoms with Crippen LogP contribution >= 0.6 is 0 Å². The molecule has 1 N–H and O–H groups in total. The van der Waals surface area contributed by atoms with Gasteiger partial charge in [-0.05, 0) is 59.9 Å². The number of nitrogens with zero attached hydrogens (tertiary/aromatic N) is 2. The molecule has 3 heteroatoms. The normalized spacial score (nSPS) is 19.0. The Morgan fingerprint density at radius 2 is 1.89 bits per heavy atom. The maximum Gasteiger partial charge on any atom is 0.0194 e. The van der Waals surface area contributed by atoms with Crippen molar-refractivity contribution in [3.63, 3.8) is 0 Å². The van der Waals surface area contributed by atoms with Gasteiger partial charge in [0.25, 0.3) is 0 Å². The Hall–Kier alpha value is -0.120. The van der Waals surface area contributed by atoms with Crippen molar-refractivity contribution in [3.8, 4) is 0 Å². The molecule has 1 unspecified atom stereocenters. The third-order valence-corrected chi connectivity index (χ3v) is 4.07. The van der Waals surface area contributed by atoms with Gasteiger partial charge in [0.05, 0.1) is 0 Å². The Kier molecular flexibility index (Phi) is 7.87. The van der Waals surface area contributed by atoms with Gasteiger partial charge in [0.2, 0.25) is 0 Å². The molecule has 0 heterocycles. The van der Waals surface area contributed by atoms with Gasteiger partial charge >= 0.3 is 0 Å². The second-order valence-electron chi connectivity index (χ2n) is 6.03. The molecule has 1 aliphatic rings. The molecule has 0 aromatic carbocycles. The number of hydrogen-bond acceptors (Lipinski definition) is 3. The van der Waals surface area contributed by atoms with Crippen LogP contribution in [0.3, 0.4) is 0 Å². The van der Waals surface area contributed by atoms with Crippen LogP contribution in [-0.4, -0.2) is 62.2 Å². The first kappa shape index (κ1) is 15.9. The van der Waals surface area contributed by atoms with E-state index in [1.54, 1.807) is 0 Å². The predicted molar refractivity (Wildman–Crippen MR) is 80.1 cm³/mol. The molecule has 0 radical (unpaired) electrons. The summed E-state index contributed by atoms with van der Waals surface area (Å²) in [7, 11) is 4.32. The zero-order chi connectivity index (χ0) is 13.4. The van der Waals surface area contributed by atoms with Gasteiger partial charge in [0, 0.05) is 18.6 Å². The van der Waals surface area contributed by atoms with E-state index in [1.807, 2.05) is 0 Å². The second-order valence-corrected chi connectivity index (χ2v) is 6.03. The van der Waals surface area contributed by atoms with Crippen LogP contribution < -0.4 is 5.32 Å². The van der Waals surface area contributed by atoms with Gasteiger partial charge in [-0.15, -0.1) is 0 Å². The van der Waals surface area contributed by atoms with Gasteiger partial charge in [-0.25, -0.2) is 0 Å². The fourth-order valence-electron chi connectivity index (χ4n) is 3.05. The first-order valence-electron chi connectivity index (χ1n) is 7.75. The lowest BCUT2D eigenvalue weighted by Gasteiger charge is -2.30. The quantitative estimate of drug-likeness (QED) is 0.637. The summed E-state index contributed by atoms with van der Waals surface area (Å²) in [5.74, 6) is 0.